The molecule has 2 N–H and O–H groups in total. The van der Waals surface area contributed by atoms with Gasteiger partial charge in [-0.05, 0) is 49.1 Å². The van der Waals surface area contributed by atoms with E-state index in [1.807, 2.05) is 24.3 Å². The number of carbonyl (C=O) groups is 1. The summed E-state index contributed by atoms with van der Waals surface area (Å²) >= 11 is 0. The topological polar surface area (TPSA) is 82.6 Å². The van der Waals surface area contributed by atoms with E-state index in [1.165, 1.54) is 19.3 Å². The Morgan fingerprint density at radius 1 is 0.966 bits per heavy atom. The number of ether oxygens (including phenoxy) is 1. The number of hydrogen-bond acceptors (Lipinski definition) is 6. The Balaban J connectivity index is 1.27. The SMILES string of the molecule is O=C(NCc1ccnc(N2CCOCC2)c1)Nc1ccc(N2CCCCC2)nc1. The molecule has 0 saturated carbocycles. The summed E-state index contributed by atoms with van der Waals surface area (Å²) in [6.07, 6.45) is 7.22. The summed E-state index contributed by atoms with van der Waals surface area (Å²) in [6.45, 7) is 5.66. The predicted octanol–water partition coefficient (Wildman–Crippen LogP) is 2.63. The lowest BCUT2D eigenvalue weighted by molar-refractivity contribution is 0.122. The number of rotatable bonds is 5. The van der Waals surface area contributed by atoms with E-state index in [1.54, 1.807) is 12.4 Å². The highest BCUT2D eigenvalue weighted by atomic mass is 16.5. The van der Waals surface area contributed by atoms with Crippen LogP contribution in [0.15, 0.2) is 36.7 Å². The molecule has 0 bridgehead atoms. The largest absolute Gasteiger partial charge is 0.378 e. The fourth-order valence-electron chi connectivity index (χ4n) is 3.66. The zero-order chi connectivity index (χ0) is 19.9. The molecule has 4 heterocycles. The number of aromatic nitrogens is 2. The van der Waals surface area contributed by atoms with Crippen molar-refractivity contribution >= 4 is 23.4 Å². The van der Waals surface area contributed by atoms with Gasteiger partial charge in [-0.3, -0.25) is 0 Å². The first-order valence-corrected chi connectivity index (χ1v) is 10.3. The van der Waals surface area contributed by atoms with Crippen LogP contribution in [0, 0.1) is 0 Å². The zero-order valence-corrected chi connectivity index (χ0v) is 16.6. The molecule has 0 radical (unpaired) electrons. The van der Waals surface area contributed by atoms with Crippen LogP contribution >= 0.6 is 0 Å². The van der Waals surface area contributed by atoms with Crippen molar-refractivity contribution in [2.75, 3.05) is 54.5 Å². The summed E-state index contributed by atoms with van der Waals surface area (Å²) in [5.41, 5.74) is 1.70. The maximum Gasteiger partial charge on any atom is 0.319 e. The van der Waals surface area contributed by atoms with Gasteiger partial charge in [-0.15, -0.1) is 0 Å². The van der Waals surface area contributed by atoms with Crippen LogP contribution in [0.2, 0.25) is 0 Å². The molecule has 2 aromatic rings. The summed E-state index contributed by atoms with van der Waals surface area (Å²) in [5.74, 6) is 1.90. The number of nitrogens with zero attached hydrogens (tertiary/aromatic N) is 4. The van der Waals surface area contributed by atoms with Crippen molar-refractivity contribution in [2.45, 2.75) is 25.8 Å². The van der Waals surface area contributed by atoms with Crippen molar-refractivity contribution in [2.24, 2.45) is 0 Å². The molecule has 29 heavy (non-hydrogen) atoms. The van der Waals surface area contributed by atoms with Crippen molar-refractivity contribution in [3.8, 4) is 0 Å². The Bertz CT molecular complexity index is 801. The molecule has 2 aromatic heterocycles. The standard InChI is InChI=1S/C21H28N6O2/c28-21(25-18-4-5-19(23-16-18)26-8-2-1-3-9-26)24-15-17-6-7-22-20(14-17)27-10-12-29-13-11-27/h4-7,14,16H,1-3,8-13,15H2,(H2,24,25,28). The predicted molar refractivity (Wildman–Crippen MR) is 113 cm³/mol. The second kappa shape index (κ2) is 9.56. The number of urea groups is 1. The van der Waals surface area contributed by atoms with Crippen LogP contribution in [0.25, 0.3) is 0 Å². The van der Waals surface area contributed by atoms with Crippen molar-refractivity contribution in [1.82, 2.24) is 15.3 Å². The van der Waals surface area contributed by atoms with E-state index in [2.05, 4.69) is 30.4 Å². The van der Waals surface area contributed by atoms with Gasteiger partial charge in [-0.1, -0.05) is 0 Å². The highest BCUT2D eigenvalue weighted by Crippen LogP contribution is 2.19. The van der Waals surface area contributed by atoms with E-state index in [9.17, 15) is 4.79 Å². The zero-order valence-electron chi connectivity index (χ0n) is 16.6. The molecule has 0 spiro atoms. The van der Waals surface area contributed by atoms with Gasteiger partial charge in [0.15, 0.2) is 0 Å². The lowest BCUT2D eigenvalue weighted by Gasteiger charge is -2.28. The van der Waals surface area contributed by atoms with Gasteiger partial charge in [0.2, 0.25) is 0 Å². The van der Waals surface area contributed by atoms with E-state index in [4.69, 9.17) is 4.74 Å². The Morgan fingerprint density at radius 2 is 1.76 bits per heavy atom. The quantitative estimate of drug-likeness (QED) is 0.809. The number of nitrogens with one attached hydrogen (secondary N) is 2. The van der Waals surface area contributed by atoms with E-state index in [-0.39, 0.29) is 6.03 Å². The van der Waals surface area contributed by atoms with Crippen LogP contribution in [0.5, 0.6) is 0 Å². The summed E-state index contributed by atoms with van der Waals surface area (Å²) in [4.78, 5) is 25.7. The first-order chi connectivity index (χ1) is 14.3. The highest BCUT2D eigenvalue weighted by molar-refractivity contribution is 5.89. The molecule has 2 amide bonds. The molecular formula is C21H28N6O2. The number of carbonyl (C=O) groups excluding carboxylic acids is 1. The fourth-order valence-corrected chi connectivity index (χ4v) is 3.66. The lowest BCUT2D eigenvalue weighted by Crippen LogP contribution is -2.36. The Morgan fingerprint density at radius 3 is 2.52 bits per heavy atom. The molecule has 154 valence electrons. The number of morpholine rings is 1. The summed E-state index contributed by atoms with van der Waals surface area (Å²) < 4.78 is 5.39. The minimum absolute atomic E-state index is 0.248. The molecule has 2 saturated heterocycles. The van der Waals surface area contributed by atoms with E-state index < -0.39 is 0 Å². The highest BCUT2D eigenvalue weighted by Gasteiger charge is 2.14. The maximum absolute atomic E-state index is 12.3. The first-order valence-electron chi connectivity index (χ1n) is 10.3. The molecule has 0 aliphatic carbocycles. The van der Waals surface area contributed by atoms with Crippen molar-refractivity contribution in [3.63, 3.8) is 0 Å². The minimum Gasteiger partial charge on any atom is -0.378 e. The summed E-state index contributed by atoms with van der Waals surface area (Å²) in [5, 5.41) is 5.74. The third-order valence-corrected chi connectivity index (χ3v) is 5.28. The number of pyridine rings is 2. The van der Waals surface area contributed by atoms with E-state index in [0.29, 0.717) is 12.2 Å². The van der Waals surface area contributed by atoms with Crippen molar-refractivity contribution < 1.29 is 9.53 Å². The van der Waals surface area contributed by atoms with Crippen LogP contribution in [0.4, 0.5) is 22.1 Å². The van der Waals surface area contributed by atoms with Crippen LogP contribution in [-0.2, 0) is 11.3 Å². The first kappa shape index (κ1) is 19.4. The van der Waals surface area contributed by atoms with Gasteiger partial charge in [-0.25, -0.2) is 14.8 Å². The van der Waals surface area contributed by atoms with Gasteiger partial charge in [0.05, 0.1) is 25.1 Å². The number of piperidine rings is 1. The van der Waals surface area contributed by atoms with Gasteiger partial charge < -0.3 is 25.2 Å². The maximum atomic E-state index is 12.3. The molecule has 2 aliphatic rings. The van der Waals surface area contributed by atoms with Gasteiger partial charge in [0.1, 0.15) is 11.6 Å². The van der Waals surface area contributed by atoms with Gasteiger partial charge in [-0.2, -0.15) is 0 Å². The summed E-state index contributed by atoms with van der Waals surface area (Å²) in [7, 11) is 0. The molecule has 8 nitrogen and oxygen atoms in total. The summed E-state index contributed by atoms with van der Waals surface area (Å²) in [6, 6.07) is 7.56. The molecule has 8 heteroatoms. The van der Waals surface area contributed by atoms with Gasteiger partial charge in [0.25, 0.3) is 0 Å². The van der Waals surface area contributed by atoms with E-state index >= 15 is 0 Å². The molecule has 4 rings (SSSR count). The smallest absolute Gasteiger partial charge is 0.319 e. The lowest BCUT2D eigenvalue weighted by atomic mass is 10.1. The molecule has 0 aromatic carbocycles. The Labute approximate surface area is 171 Å². The van der Waals surface area contributed by atoms with Crippen LogP contribution in [-0.4, -0.2) is 55.4 Å². The second-order valence-corrected chi connectivity index (χ2v) is 7.38. The van der Waals surface area contributed by atoms with Crippen LogP contribution in [0.1, 0.15) is 24.8 Å². The monoisotopic (exact) mass is 396 g/mol. The third-order valence-electron chi connectivity index (χ3n) is 5.28. The molecular weight excluding hydrogens is 368 g/mol. The van der Waals surface area contributed by atoms with Crippen LogP contribution in [0.3, 0.4) is 0 Å². The average Bonchev–Trinajstić information content (AvgIpc) is 2.80. The molecule has 0 atom stereocenters. The van der Waals surface area contributed by atoms with Gasteiger partial charge >= 0.3 is 6.03 Å². The van der Waals surface area contributed by atoms with Gasteiger partial charge in [0, 0.05) is 38.9 Å². The van der Waals surface area contributed by atoms with E-state index in [0.717, 1.165) is 56.6 Å². The van der Waals surface area contributed by atoms with Crippen molar-refractivity contribution in [1.29, 1.82) is 0 Å². The number of amides is 2. The molecule has 2 fully saturated rings. The fraction of sp³-hybridized carbons (Fsp3) is 0.476. The van der Waals surface area contributed by atoms with Crippen molar-refractivity contribution in [3.05, 3.63) is 42.2 Å². The Hall–Kier alpha value is -2.87. The molecule has 2 aliphatic heterocycles. The normalized spacial score (nSPS) is 17.1. The third kappa shape index (κ3) is 5.35. The Kier molecular flexibility index (Phi) is 6.41. The van der Waals surface area contributed by atoms with Crippen LogP contribution < -0.4 is 20.4 Å². The average molecular weight is 396 g/mol. The number of anilines is 3. The minimum atomic E-state index is -0.248. The molecule has 0 unspecified atom stereocenters. The number of hydrogen-bond donors (Lipinski definition) is 2. The second-order valence-electron chi connectivity index (χ2n) is 7.38.